The van der Waals surface area contributed by atoms with Gasteiger partial charge in [-0.1, -0.05) is 29.8 Å². The second-order valence-electron chi connectivity index (χ2n) is 6.20. The van der Waals surface area contributed by atoms with E-state index in [4.69, 9.17) is 16.7 Å². The summed E-state index contributed by atoms with van der Waals surface area (Å²) < 4.78 is 0. The predicted molar refractivity (Wildman–Crippen MR) is 81.3 cm³/mol. The number of nitrogens with one attached hydrogen (secondary N) is 1. The van der Waals surface area contributed by atoms with Crippen molar-refractivity contribution in [2.45, 2.75) is 32.6 Å². The highest BCUT2D eigenvalue weighted by Gasteiger charge is 2.44. The Kier molecular flexibility index (Phi) is 4.57. The second-order valence-corrected chi connectivity index (χ2v) is 6.61. The molecule has 0 bridgehead atoms. The lowest BCUT2D eigenvalue weighted by Gasteiger charge is -2.18. The zero-order valence-electron chi connectivity index (χ0n) is 12.2. The van der Waals surface area contributed by atoms with E-state index in [9.17, 15) is 9.59 Å². The van der Waals surface area contributed by atoms with Crippen LogP contribution in [0.2, 0.25) is 5.02 Å². The van der Waals surface area contributed by atoms with Crippen LogP contribution in [0.25, 0.3) is 0 Å². The highest BCUT2D eigenvalue weighted by molar-refractivity contribution is 6.31. The van der Waals surface area contributed by atoms with E-state index in [0.29, 0.717) is 18.0 Å². The van der Waals surface area contributed by atoms with E-state index < -0.39 is 11.4 Å². The average Bonchev–Trinajstić information content (AvgIpc) is 3.19. The van der Waals surface area contributed by atoms with Gasteiger partial charge in [-0.3, -0.25) is 9.59 Å². The summed E-state index contributed by atoms with van der Waals surface area (Å²) in [5.41, 5.74) is 0.198. The molecule has 2 atom stereocenters. The molecular formula is C16H20ClNO3. The molecule has 1 saturated carbocycles. The number of halogens is 1. The molecule has 5 heteroatoms. The lowest BCUT2D eigenvalue weighted by molar-refractivity contribution is -0.147. The normalized spacial score (nSPS) is 20.9. The molecule has 0 aliphatic heterocycles. The zero-order chi connectivity index (χ0) is 15.6. The maximum Gasteiger partial charge on any atom is 0.309 e. The van der Waals surface area contributed by atoms with Crippen molar-refractivity contribution >= 4 is 23.5 Å². The molecular weight excluding hydrogens is 290 g/mol. The summed E-state index contributed by atoms with van der Waals surface area (Å²) in [5.74, 6) is -0.720. The van der Waals surface area contributed by atoms with Gasteiger partial charge >= 0.3 is 5.97 Å². The standard InChI is InChI=1S/C16H20ClNO3/c1-16(2,15(20)21)7-8-18-14(19)12-9-11(12)10-5-3-4-6-13(10)17/h3-6,11-12H,7-9H2,1-2H3,(H,18,19)(H,20,21). The van der Waals surface area contributed by atoms with E-state index in [0.717, 1.165) is 12.0 Å². The number of aliphatic carboxylic acids is 1. The van der Waals surface area contributed by atoms with Crippen molar-refractivity contribution in [1.82, 2.24) is 5.32 Å². The van der Waals surface area contributed by atoms with Gasteiger partial charge < -0.3 is 10.4 Å². The molecule has 1 aliphatic rings. The van der Waals surface area contributed by atoms with Crippen LogP contribution in [0, 0.1) is 11.3 Å². The smallest absolute Gasteiger partial charge is 0.309 e. The van der Waals surface area contributed by atoms with Gasteiger partial charge in [-0.2, -0.15) is 0 Å². The fourth-order valence-electron chi connectivity index (χ4n) is 2.34. The number of carboxylic acids is 1. The maximum absolute atomic E-state index is 12.1. The number of rotatable bonds is 6. The Hall–Kier alpha value is -1.55. The molecule has 1 aliphatic carbocycles. The van der Waals surface area contributed by atoms with Gasteiger partial charge in [0.15, 0.2) is 0 Å². The fourth-order valence-corrected chi connectivity index (χ4v) is 2.62. The minimum absolute atomic E-state index is 0.0129. The van der Waals surface area contributed by atoms with E-state index in [1.807, 2.05) is 24.3 Å². The van der Waals surface area contributed by atoms with Crippen LogP contribution in [0.1, 0.15) is 38.2 Å². The zero-order valence-corrected chi connectivity index (χ0v) is 13.0. The molecule has 21 heavy (non-hydrogen) atoms. The highest BCUT2D eigenvalue weighted by Crippen LogP contribution is 2.49. The van der Waals surface area contributed by atoms with Gasteiger partial charge in [-0.25, -0.2) is 0 Å². The van der Waals surface area contributed by atoms with Crippen molar-refractivity contribution in [3.63, 3.8) is 0 Å². The Morgan fingerprint density at radius 2 is 2.05 bits per heavy atom. The Bertz CT molecular complexity index is 556. The molecule has 4 nitrogen and oxygen atoms in total. The third-order valence-electron chi connectivity index (χ3n) is 4.06. The second kappa shape index (κ2) is 6.06. The van der Waals surface area contributed by atoms with Crippen LogP contribution in [0.4, 0.5) is 0 Å². The van der Waals surface area contributed by atoms with Crippen LogP contribution < -0.4 is 5.32 Å². The molecule has 2 N–H and O–H groups in total. The SMILES string of the molecule is CC(C)(CCNC(=O)C1CC1c1ccccc1Cl)C(=O)O. The quantitative estimate of drug-likeness (QED) is 0.848. The van der Waals surface area contributed by atoms with Crippen LogP contribution in [0.15, 0.2) is 24.3 Å². The summed E-state index contributed by atoms with van der Waals surface area (Å²) in [6.07, 6.45) is 1.22. The average molecular weight is 310 g/mol. The Balaban J connectivity index is 1.82. The van der Waals surface area contributed by atoms with Crippen LogP contribution in [-0.4, -0.2) is 23.5 Å². The number of hydrogen-bond acceptors (Lipinski definition) is 2. The van der Waals surface area contributed by atoms with Gasteiger partial charge in [-0.15, -0.1) is 0 Å². The molecule has 2 rings (SSSR count). The van der Waals surface area contributed by atoms with Gasteiger partial charge in [0.2, 0.25) is 5.91 Å². The summed E-state index contributed by atoms with van der Waals surface area (Å²) in [6, 6.07) is 7.58. The van der Waals surface area contributed by atoms with Crippen molar-refractivity contribution < 1.29 is 14.7 Å². The summed E-state index contributed by atoms with van der Waals surface area (Å²) in [5, 5.41) is 12.6. The lowest BCUT2D eigenvalue weighted by atomic mass is 9.90. The monoisotopic (exact) mass is 309 g/mol. The van der Waals surface area contributed by atoms with Crippen molar-refractivity contribution in [3.05, 3.63) is 34.9 Å². The Labute approximate surface area is 129 Å². The third kappa shape index (κ3) is 3.76. The van der Waals surface area contributed by atoms with Crippen molar-refractivity contribution in [3.8, 4) is 0 Å². The largest absolute Gasteiger partial charge is 0.481 e. The fraction of sp³-hybridized carbons (Fsp3) is 0.500. The first-order chi connectivity index (χ1) is 9.83. The lowest BCUT2D eigenvalue weighted by Crippen LogP contribution is -2.32. The summed E-state index contributed by atoms with van der Waals surface area (Å²) >= 11 is 6.13. The molecule has 1 aromatic carbocycles. The van der Waals surface area contributed by atoms with Gasteiger partial charge in [0.25, 0.3) is 0 Å². The molecule has 0 aromatic heterocycles. The molecule has 1 fully saturated rings. The predicted octanol–water partition coefficient (Wildman–Crippen LogP) is 3.06. The number of carbonyl (C=O) groups excluding carboxylic acids is 1. The molecule has 1 amide bonds. The van der Waals surface area contributed by atoms with Crippen molar-refractivity contribution in [1.29, 1.82) is 0 Å². The van der Waals surface area contributed by atoms with E-state index in [1.165, 1.54) is 0 Å². The van der Waals surface area contributed by atoms with Crippen molar-refractivity contribution in [2.24, 2.45) is 11.3 Å². The number of hydrogen-bond donors (Lipinski definition) is 2. The molecule has 1 aromatic rings. The van der Waals surface area contributed by atoms with Gasteiger partial charge in [0.05, 0.1) is 5.41 Å². The molecule has 0 spiro atoms. The maximum atomic E-state index is 12.1. The first-order valence-electron chi connectivity index (χ1n) is 7.08. The number of carbonyl (C=O) groups is 2. The Morgan fingerprint density at radius 1 is 1.38 bits per heavy atom. The summed E-state index contributed by atoms with van der Waals surface area (Å²) in [6.45, 7) is 3.69. The van der Waals surface area contributed by atoms with E-state index >= 15 is 0 Å². The number of benzene rings is 1. The molecule has 0 radical (unpaired) electrons. The first kappa shape index (κ1) is 15.8. The van der Waals surface area contributed by atoms with E-state index in [2.05, 4.69) is 5.32 Å². The van der Waals surface area contributed by atoms with E-state index in [1.54, 1.807) is 13.8 Å². The highest BCUT2D eigenvalue weighted by atomic mass is 35.5. The van der Waals surface area contributed by atoms with Gasteiger partial charge in [0, 0.05) is 17.5 Å². The summed E-state index contributed by atoms with van der Waals surface area (Å²) in [7, 11) is 0. The van der Waals surface area contributed by atoms with Crippen LogP contribution in [0.3, 0.4) is 0 Å². The first-order valence-corrected chi connectivity index (χ1v) is 7.46. The topological polar surface area (TPSA) is 66.4 Å². The van der Waals surface area contributed by atoms with Gasteiger partial charge in [-0.05, 0) is 44.2 Å². The molecule has 114 valence electrons. The van der Waals surface area contributed by atoms with Crippen LogP contribution >= 0.6 is 11.6 Å². The minimum Gasteiger partial charge on any atom is -0.481 e. The van der Waals surface area contributed by atoms with Crippen LogP contribution in [-0.2, 0) is 9.59 Å². The molecule has 0 saturated heterocycles. The molecule has 0 heterocycles. The van der Waals surface area contributed by atoms with Crippen molar-refractivity contribution in [2.75, 3.05) is 6.54 Å². The van der Waals surface area contributed by atoms with Gasteiger partial charge in [0.1, 0.15) is 0 Å². The Morgan fingerprint density at radius 3 is 2.67 bits per heavy atom. The van der Waals surface area contributed by atoms with Crippen LogP contribution in [0.5, 0.6) is 0 Å². The molecule has 2 unspecified atom stereocenters. The summed E-state index contributed by atoms with van der Waals surface area (Å²) in [4.78, 5) is 23.0. The van der Waals surface area contributed by atoms with E-state index in [-0.39, 0.29) is 17.7 Å². The number of amides is 1. The third-order valence-corrected chi connectivity index (χ3v) is 4.40. The number of carboxylic acid groups (broad SMARTS) is 1. The minimum atomic E-state index is -0.850.